The predicted octanol–water partition coefficient (Wildman–Crippen LogP) is 3.57. The van der Waals surface area contributed by atoms with Crippen molar-refractivity contribution in [3.63, 3.8) is 0 Å². The molecular weight excluding hydrogens is 330 g/mol. The zero-order valence-electron chi connectivity index (χ0n) is 14.8. The highest BCUT2D eigenvalue weighted by Gasteiger charge is 2.43. The first kappa shape index (κ1) is 17.7. The van der Waals surface area contributed by atoms with Crippen molar-refractivity contribution in [1.82, 2.24) is 4.90 Å². The van der Waals surface area contributed by atoms with E-state index in [-0.39, 0.29) is 24.3 Å². The highest BCUT2D eigenvalue weighted by atomic mass is 16.5. The lowest BCUT2D eigenvalue weighted by Gasteiger charge is -2.27. The van der Waals surface area contributed by atoms with Gasteiger partial charge in [-0.05, 0) is 11.6 Å². The number of ketones is 1. The molecule has 0 saturated carbocycles. The van der Waals surface area contributed by atoms with Crippen LogP contribution in [0.2, 0.25) is 0 Å². The zero-order chi connectivity index (χ0) is 18.7. The van der Waals surface area contributed by atoms with Gasteiger partial charge in [0.2, 0.25) is 0 Å². The SMILES string of the molecule is CCC(=O)C1=C(O)C(=O)N(Cc2ccccc2OC)C1c1ccccc1. The van der Waals surface area contributed by atoms with Gasteiger partial charge < -0.3 is 14.7 Å². The zero-order valence-corrected chi connectivity index (χ0v) is 14.8. The minimum Gasteiger partial charge on any atom is -0.503 e. The summed E-state index contributed by atoms with van der Waals surface area (Å²) in [6, 6.07) is 16.1. The van der Waals surface area contributed by atoms with Crippen LogP contribution < -0.4 is 4.74 Å². The molecule has 1 aliphatic rings. The fourth-order valence-electron chi connectivity index (χ4n) is 3.29. The van der Waals surface area contributed by atoms with E-state index in [9.17, 15) is 14.7 Å². The van der Waals surface area contributed by atoms with Gasteiger partial charge in [0.15, 0.2) is 11.5 Å². The number of aliphatic hydroxyl groups excluding tert-OH is 1. The molecule has 3 rings (SSSR count). The van der Waals surface area contributed by atoms with Gasteiger partial charge in [-0.2, -0.15) is 0 Å². The normalized spacial score (nSPS) is 16.9. The third-order valence-corrected chi connectivity index (χ3v) is 4.57. The minimum absolute atomic E-state index is 0.165. The Balaban J connectivity index is 2.06. The summed E-state index contributed by atoms with van der Waals surface area (Å²) in [5.41, 5.74) is 1.76. The molecule has 0 saturated heterocycles. The Morgan fingerprint density at radius 3 is 2.42 bits per heavy atom. The second-order valence-electron chi connectivity index (χ2n) is 6.10. The summed E-state index contributed by atoms with van der Waals surface area (Å²) in [6.07, 6.45) is 0.221. The van der Waals surface area contributed by atoms with Crippen molar-refractivity contribution in [3.8, 4) is 5.75 Å². The monoisotopic (exact) mass is 351 g/mol. The number of benzene rings is 2. The summed E-state index contributed by atoms with van der Waals surface area (Å²) in [7, 11) is 1.57. The van der Waals surface area contributed by atoms with Crippen LogP contribution in [0.1, 0.15) is 30.5 Å². The van der Waals surface area contributed by atoms with E-state index in [0.717, 1.165) is 11.1 Å². The first-order valence-electron chi connectivity index (χ1n) is 8.52. The van der Waals surface area contributed by atoms with E-state index in [0.29, 0.717) is 5.75 Å². The van der Waals surface area contributed by atoms with Gasteiger partial charge in [0.1, 0.15) is 5.75 Å². The number of rotatable bonds is 6. The topological polar surface area (TPSA) is 66.8 Å². The summed E-state index contributed by atoms with van der Waals surface area (Å²) in [5.74, 6) is -0.573. The van der Waals surface area contributed by atoms with Crippen molar-refractivity contribution in [1.29, 1.82) is 0 Å². The van der Waals surface area contributed by atoms with E-state index in [1.165, 1.54) is 4.90 Å². The van der Waals surface area contributed by atoms with Gasteiger partial charge in [-0.15, -0.1) is 0 Å². The molecule has 0 aliphatic carbocycles. The highest BCUT2D eigenvalue weighted by molar-refractivity contribution is 6.08. The van der Waals surface area contributed by atoms with Crippen molar-refractivity contribution in [2.75, 3.05) is 7.11 Å². The van der Waals surface area contributed by atoms with Crippen molar-refractivity contribution in [2.24, 2.45) is 0 Å². The number of para-hydroxylation sites is 1. The number of nitrogens with zero attached hydrogens (tertiary/aromatic N) is 1. The maximum atomic E-state index is 12.7. The average Bonchev–Trinajstić information content (AvgIpc) is 2.93. The van der Waals surface area contributed by atoms with Gasteiger partial charge >= 0.3 is 0 Å². The molecule has 26 heavy (non-hydrogen) atoms. The average molecular weight is 351 g/mol. The van der Waals surface area contributed by atoms with Crippen LogP contribution in [0.3, 0.4) is 0 Å². The lowest BCUT2D eigenvalue weighted by molar-refractivity contribution is -0.130. The largest absolute Gasteiger partial charge is 0.503 e. The molecule has 5 heteroatoms. The van der Waals surface area contributed by atoms with E-state index >= 15 is 0 Å². The van der Waals surface area contributed by atoms with Crippen molar-refractivity contribution in [3.05, 3.63) is 77.1 Å². The van der Waals surface area contributed by atoms with Gasteiger partial charge in [0.05, 0.1) is 25.3 Å². The molecule has 0 aromatic heterocycles. The van der Waals surface area contributed by atoms with Crippen LogP contribution in [0.15, 0.2) is 65.9 Å². The fraction of sp³-hybridized carbons (Fsp3) is 0.238. The van der Waals surface area contributed by atoms with Gasteiger partial charge in [0.25, 0.3) is 5.91 Å². The standard InChI is InChI=1S/C21H21NO4/c1-3-16(23)18-19(14-9-5-4-6-10-14)22(21(25)20(18)24)13-15-11-7-8-12-17(15)26-2/h4-12,19,24H,3,13H2,1-2H3. The Labute approximate surface area is 152 Å². The molecule has 0 bridgehead atoms. The molecule has 1 unspecified atom stereocenters. The third-order valence-electron chi connectivity index (χ3n) is 4.57. The summed E-state index contributed by atoms with van der Waals surface area (Å²) in [4.78, 5) is 26.7. The number of methoxy groups -OCH3 is 1. The maximum absolute atomic E-state index is 12.7. The molecule has 1 heterocycles. The van der Waals surface area contributed by atoms with Gasteiger partial charge in [-0.25, -0.2) is 0 Å². The Hall–Kier alpha value is -3.08. The minimum atomic E-state index is -0.610. The lowest BCUT2D eigenvalue weighted by Crippen LogP contribution is -2.30. The number of aliphatic hydroxyl groups is 1. The second kappa shape index (κ2) is 7.44. The molecule has 1 amide bonds. The molecule has 1 atom stereocenters. The highest BCUT2D eigenvalue weighted by Crippen LogP contribution is 2.39. The summed E-state index contributed by atoms with van der Waals surface area (Å²) < 4.78 is 5.37. The third kappa shape index (κ3) is 3.08. The van der Waals surface area contributed by atoms with Crippen molar-refractivity contribution >= 4 is 11.7 Å². The Kier molecular flexibility index (Phi) is 5.07. The van der Waals surface area contributed by atoms with Gasteiger partial charge in [-0.3, -0.25) is 9.59 Å². The molecule has 0 spiro atoms. The Morgan fingerprint density at radius 1 is 1.12 bits per heavy atom. The Morgan fingerprint density at radius 2 is 1.77 bits per heavy atom. The second-order valence-corrected chi connectivity index (χ2v) is 6.10. The summed E-state index contributed by atoms with van der Waals surface area (Å²) in [6.45, 7) is 1.95. The van der Waals surface area contributed by atoms with E-state index in [4.69, 9.17) is 4.74 Å². The van der Waals surface area contributed by atoms with Crippen molar-refractivity contribution < 1.29 is 19.4 Å². The van der Waals surface area contributed by atoms with Crippen LogP contribution in [0.4, 0.5) is 0 Å². The number of Topliss-reactive ketones (excluding diaryl/α,β-unsaturated/α-hetero) is 1. The molecule has 0 radical (unpaired) electrons. The summed E-state index contributed by atoms with van der Waals surface area (Å²) in [5, 5.41) is 10.4. The van der Waals surface area contributed by atoms with Crippen LogP contribution >= 0.6 is 0 Å². The number of ether oxygens (including phenoxy) is 1. The quantitative estimate of drug-likeness (QED) is 0.864. The Bertz CT molecular complexity index is 857. The van der Waals surface area contributed by atoms with E-state index < -0.39 is 17.7 Å². The molecule has 0 fully saturated rings. The fourth-order valence-corrected chi connectivity index (χ4v) is 3.29. The number of carbonyl (C=O) groups is 2. The maximum Gasteiger partial charge on any atom is 0.290 e. The molecule has 134 valence electrons. The first-order chi connectivity index (χ1) is 12.6. The number of hydrogen-bond acceptors (Lipinski definition) is 4. The molecule has 5 nitrogen and oxygen atoms in total. The molecule has 2 aromatic rings. The molecule has 1 N–H and O–H groups in total. The molecule has 2 aromatic carbocycles. The predicted molar refractivity (Wildman–Crippen MR) is 97.7 cm³/mol. The number of carbonyl (C=O) groups excluding carboxylic acids is 2. The van der Waals surface area contributed by atoms with E-state index in [1.54, 1.807) is 14.0 Å². The van der Waals surface area contributed by atoms with E-state index in [1.807, 2.05) is 54.6 Å². The number of amides is 1. The van der Waals surface area contributed by atoms with Crippen LogP contribution in [0.25, 0.3) is 0 Å². The van der Waals surface area contributed by atoms with Gasteiger partial charge in [-0.1, -0.05) is 55.5 Å². The summed E-state index contributed by atoms with van der Waals surface area (Å²) >= 11 is 0. The van der Waals surface area contributed by atoms with Crippen LogP contribution in [-0.2, 0) is 16.1 Å². The smallest absolute Gasteiger partial charge is 0.290 e. The first-order valence-corrected chi connectivity index (χ1v) is 8.52. The van der Waals surface area contributed by atoms with Crippen LogP contribution in [-0.4, -0.2) is 28.8 Å². The molecule has 1 aliphatic heterocycles. The van der Waals surface area contributed by atoms with Gasteiger partial charge in [0, 0.05) is 12.0 Å². The van der Waals surface area contributed by atoms with Crippen LogP contribution in [0.5, 0.6) is 5.75 Å². The van der Waals surface area contributed by atoms with E-state index in [2.05, 4.69) is 0 Å². The lowest BCUT2D eigenvalue weighted by atomic mass is 9.95. The molecular formula is C21H21NO4. The van der Waals surface area contributed by atoms with Crippen LogP contribution in [0, 0.1) is 0 Å². The number of hydrogen-bond donors (Lipinski definition) is 1. The van der Waals surface area contributed by atoms with Crippen molar-refractivity contribution in [2.45, 2.75) is 25.9 Å².